The Labute approximate surface area is 145 Å². The number of hydrogen-bond donors (Lipinski definition) is 1. The molecule has 1 aromatic carbocycles. The highest BCUT2D eigenvalue weighted by molar-refractivity contribution is 5.85. The summed E-state index contributed by atoms with van der Waals surface area (Å²) in [5, 5.41) is 0. The zero-order valence-corrected chi connectivity index (χ0v) is 14.8. The van der Waals surface area contributed by atoms with E-state index in [1.165, 1.54) is 5.56 Å². The van der Waals surface area contributed by atoms with E-state index in [1.807, 2.05) is 18.0 Å². The van der Waals surface area contributed by atoms with Crippen LogP contribution in [0.25, 0.3) is 0 Å². The van der Waals surface area contributed by atoms with Gasteiger partial charge >= 0.3 is 0 Å². The van der Waals surface area contributed by atoms with Crippen molar-refractivity contribution in [1.29, 1.82) is 0 Å². The molecule has 130 valence electrons. The van der Waals surface area contributed by atoms with Crippen LogP contribution in [-0.4, -0.2) is 44.2 Å². The first-order valence-electron chi connectivity index (χ1n) is 8.25. The van der Waals surface area contributed by atoms with Gasteiger partial charge in [0.05, 0.1) is 5.41 Å². The summed E-state index contributed by atoms with van der Waals surface area (Å²) in [6.45, 7) is 2.51. The van der Waals surface area contributed by atoms with E-state index < -0.39 is 5.41 Å². The molecule has 1 aliphatic heterocycles. The minimum atomic E-state index is -0.396. The van der Waals surface area contributed by atoms with E-state index in [0.29, 0.717) is 19.8 Å². The highest BCUT2D eigenvalue weighted by Crippen LogP contribution is 2.31. The van der Waals surface area contributed by atoms with Crippen molar-refractivity contribution >= 4 is 18.3 Å². The molecular weight excluding hydrogens is 312 g/mol. The van der Waals surface area contributed by atoms with E-state index in [0.717, 1.165) is 38.6 Å². The number of nitrogens with zero attached hydrogens (tertiary/aromatic N) is 1. The molecule has 0 bridgehead atoms. The number of ether oxygens (including phenoxy) is 1. The van der Waals surface area contributed by atoms with E-state index >= 15 is 0 Å². The summed E-state index contributed by atoms with van der Waals surface area (Å²) in [5.41, 5.74) is 6.87. The van der Waals surface area contributed by atoms with Crippen LogP contribution in [0.15, 0.2) is 30.3 Å². The van der Waals surface area contributed by atoms with Crippen molar-refractivity contribution in [3.63, 3.8) is 0 Å². The van der Waals surface area contributed by atoms with E-state index in [1.54, 1.807) is 0 Å². The number of nitrogens with two attached hydrogens (primary N) is 1. The van der Waals surface area contributed by atoms with Crippen molar-refractivity contribution < 1.29 is 9.53 Å². The Bertz CT molecular complexity index is 461. The first-order chi connectivity index (χ1) is 10.7. The second-order valence-corrected chi connectivity index (χ2v) is 6.27. The predicted molar refractivity (Wildman–Crippen MR) is 95.8 cm³/mol. The van der Waals surface area contributed by atoms with Crippen molar-refractivity contribution in [1.82, 2.24) is 4.90 Å². The van der Waals surface area contributed by atoms with Crippen LogP contribution in [0.2, 0.25) is 0 Å². The molecule has 5 heteroatoms. The molecular formula is C18H29ClN2O2. The van der Waals surface area contributed by atoms with Gasteiger partial charge in [0, 0.05) is 33.4 Å². The van der Waals surface area contributed by atoms with Gasteiger partial charge in [0.2, 0.25) is 5.91 Å². The van der Waals surface area contributed by atoms with Crippen molar-refractivity contribution in [2.45, 2.75) is 32.1 Å². The first kappa shape index (κ1) is 19.9. The van der Waals surface area contributed by atoms with E-state index in [-0.39, 0.29) is 18.3 Å². The Balaban J connectivity index is 0.00000264. The second-order valence-electron chi connectivity index (χ2n) is 6.27. The van der Waals surface area contributed by atoms with Gasteiger partial charge in [-0.15, -0.1) is 12.4 Å². The molecule has 0 aliphatic carbocycles. The molecule has 23 heavy (non-hydrogen) atoms. The molecule has 1 amide bonds. The van der Waals surface area contributed by atoms with Gasteiger partial charge in [-0.3, -0.25) is 4.79 Å². The summed E-state index contributed by atoms with van der Waals surface area (Å²) >= 11 is 0. The standard InChI is InChI=1S/C18H28N2O2.ClH/c1-20(12-6-5-9-16-7-3-2-4-8-16)17(21)18(15-19)10-13-22-14-11-18;/h2-4,7-8H,5-6,9-15,19H2,1H3;1H. The molecule has 0 spiro atoms. The molecule has 4 nitrogen and oxygen atoms in total. The summed E-state index contributed by atoms with van der Waals surface area (Å²) in [7, 11) is 1.90. The molecule has 2 rings (SSSR count). The average molecular weight is 341 g/mol. The number of aryl methyl sites for hydroxylation is 1. The molecule has 1 aliphatic rings. The number of carbonyl (C=O) groups excluding carboxylic acids is 1. The molecule has 1 fully saturated rings. The number of rotatable bonds is 7. The molecule has 0 radical (unpaired) electrons. The van der Waals surface area contributed by atoms with Crippen LogP contribution in [0, 0.1) is 5.41 Å². The second kappa shape index (κ2) is 9.91. The van der Waals surface area contributed by atoms with Crippen LogP contribution in [0.4, 0.5) is 0 Å². The van der Waals surface area contributed by atoms with Crippen LogP contribution in [0.5, 0.6) is 0 Å². The maximum atomic E-state index is 12.7. The summed E-state index contributed by atoms with van der Waals surface area (Å²) in [6, 6.07) is 10.5. The molecule has 0 saturated carbocycles. The van der Waals surface area contributed by atoms with Gasteiger partial charge in [0.25, 0.3) is 0 Å². The van der Waals surface area contributed by atoms with Gasteiger partial charge in [-0.1, -0.05) is 30.3 Å². The maximum absolute atomic E-state index is 12.7. The fourth-order valence-electron chi connectivity index (χ4n) is 3.10. The average Bonchev–Trinajstić information content (AvgIpc) is 2.59. The van der Waals surface area contributed by atoms with Crippen LogP contribution in [0.1, 0.15) is 31.2 Å². The highest BCUT2D eigenvalue weighted by Gasteiger charge is 2.40. The molecule has 0 unspecified atom stereocenters. The van der Waals surface area contributed by atoms with E-state index in [2.05, 4.69) is 24.3 Å². The third-order valence-electron chi connectivity index (χ3n) is 4.69. The molecule has 0 aromatic heterocycles. The number of benzene rings is 1. The topological polar surface area (TPSA) is 55.6 Å². The fourth-order valence-corrected chi connectivity index (χ4v) is 3.10. The Kier molecular flexibility index (Phi) is 8.59. The lowest BCUT2D eigenvalue weighted by atomic mass is 9.79. The van der Waals surface area contributed by atoms with Crippen LogP contribution in [0.3, 0.4) is 0 Å². The van der Waals surface area contributed by atoms with E-state index in [4.69, 9.17) is 10.5 Å². The normalized spacial score (nSPS) is 16.4. The quantitative estimate of drug-likeness (QED) is 0.776. The Morgan fingerprint density at radius 3 is 2.48 bits per heavy atom. The lowest BCUT2D eigenvalue weighted by molar-refractivity contribution is -0.145. The van der Waals surface area contributed by atoms with Gasteiger partial charge in [-0.2, -0.15) is 0 Å². The summed E-state index contributed by atoms with van der Waals surface area (Å²) in [5.74, 6) is 0.193. The zero-order valence-electron chi connectivity index (χ0n) is 14.0. The lowest BCUT2D eigenvalue weighted by Gasteiger charge is -2.37. The third kappa shape index (κ3) is 5.48. The van der Waals surface area contributed by atoms with Crippen molar-refractivity contribution in [3.8, 4) is 0 Å². The molecule has 2 N–H and O–H groups in total. The minimum absolute atomic E-state index is 0. The van der Waals surface area contributed by atoms with E-state index in [9.17, 15) is 4.79 Å². The molecule has 1 saturated heterocycles. The lowest BCUT2D eigenvalue weighted by Crippen LogP contribution is -2.49. The summed E-state index contributed by atoms with van der Waals surface area (Å²) in [6.07, 6.45) is 4.68. The number of carbonyl (C=O) groups is 1. The van der Waals surface area contributed by atoms with Gasteiger partial charge in [-0.05, 0) is 37.7 Å². The maximum Gasteiger partial charge on any atom is 0.229 e. The number of unbranched alkanes of at least 4 members (excludes halogenated alkanes) is 1. The Morgan fingerprint density at radius 1 is 1.22 bits per heavy atom. The third-order valence-corrected chi connectivity index (χ3v) is 4.69. The fraction of sp³-hybridized carbons (Fsp3) is 0.611. The smallest absolute Gasteiger partial charge is 0.229 e. The molecule has 0 atom stereocenters. The Hall–Kier alpha value is -1.10. The summed E-state index contributed by atoms with van der Waals surface area (Å²) < 4.78 is 5.38. The zero-order chi connectivity index (χ0) is 15.8. The first-order valence-corrected chi connectivity index (χ1v) is 8.25. The number of amides is 1. The molecule has 1 heterocycles. The predicted octanol–water partition coefficient (Wildman–Crippen LogP) is 2.65. The minimum Gasteiger partial charge on any atom is -0.381 e. The van der Waals surface area contributed by atoms with Crippen LogP contribution >= 0.6 is 12.4 Å². The van der Waals surface area contributed by atoms with Gasteiger partial charge in [0.15, 0.2) is 0 Å². The highest BCUT2D eigenvalue weighted by atomic mass is 35.5. The van der Waals surface area contributed by atoms with Crippen LogP contribution < -0.4 is 5.73 Å². The van der Waals surface area contributed by atoms with Gasteiger partial charge < -0.3 is 15.4 Å². The van der Waals surface area contributed by atoms with Crippen molar-refractivity contribution in [2.24, 2.45) is 11.1 Å². The van der Waals surface area contributed by atoms with Gasteiger partial charge in [-0.25, -0.2) is 0 Å². The van der Waals surface area contributed by atoms with Crippen molar-refractivity contribution in [3.05, 3.63) is 35.9 Å². The molecule has 1 aromatic rings. The summed E-state index contributed by atoms with van der Waals surface area (Å²) in [4.78, 5) is 14.6. The SMILES string of the molecule is CN(CCCCc1ccccc1)C(=O)C1(CN)CCOCC1.Cl. The number of hydrogen-bond acceptors (Lipinski definition) is 3. The monoisotopic (exact) mass is 340 g/mol. The van der Waals surface area contributed by atoms with Gasteiger partial charge in [0.1, 0.15) is 0 Å². The Morgan fingerprint density at radius 2 is 1.87 bits per heavy atom. The van der Waals surface area contributed by atoms with Crippen molar-refractivity contribution in [2.75, 3.05) is 33.4 Å². The van der Waals surface area contributed by atoms with Crippen LogP contribution in [-0.2, 0) is 16.0 Å². The largest absolute Gasteiger partial charge is 0.381 e. The number of halogens is 1.